The normalized spacial score (nSPS) is 13.2. The number of alkyl halides is 3. The molecule has 0 aliphatic heterocycles. The average molecular weight is 369 g/mol. The van der Waals surface area contributed by atoms with Crippen LogP contribution < -0.4 is 5.73 Å². The molecule has 5 nitrogen and oxygen atoms in total. The number of halogens is 3. The lowest BCUT2D eigenvalue weighted by atomic mass is 9.89. The number of rotatable bonds is 7. The number of unbranched alkanes of at least 4 members (excludes halogenated alkanes) is 3. The van der Waals surface area contributed by atoms with Gasteiger partial charge in [0.25, 0.3) is 0 Å². The maximum Gasteiger partial charge on any atom is 0.435 e. The van der Waals surface area contributed by atoms with E-state index in [2.05, 4.69) is 29.1 Å². The van der Waals surface area contributed by atoms with Gasteiger partial charge in [-0.25, -0.2) is 0 Å². The van der Waals surface area contributed by atoms with Crippen LogP contribution in [0.1, 0.15) is 68.7 Å². The molecule has 8 heteroatoms. The Morgan fingerprint density at radius 3 is 2.46 bits per heavy atom. The first-order valence-corrected chi connectivity index (χ1v) is 8.91. The molecular formula is C18H26F3N5. The minimum atomic E-state index is -4.50. The van der Waals surface area contributed by atoms with Crippen molar-refractivity contribution in [3.8, 4) is 11.4 Å². The highest BCUT2D eigenvalue weighted by atomic mass is 19.4. The van der Waals surface area contributed by atoms with Gasteiger partial charge >= 0.3 is 6.18 Å². The van der Waals surface area contributed by atoms with Crippen molar-refractivity contribution < 1.29 is 13.2 Å². The number of nitrogens with two attached hydrogens (primary N) is 1. The van der Waals surface area contributed by atoms with Gasteiger partial charge in [0.2, 0.25) is 0 Å². The van der Waals surface area contributed by atoms with Crippen LogP contribution >= 0.6 is 0 Å². The Morgan fingerprint density at radius 1 is 1.19 bits per heavy atom. The van der Waals surface area contributed by atoms with Gasteiger partial charge in [-0.2, -0.15) is 18.3 Å². The Hall–Kier alpha value is -2.12. The molecule has 2 N–H and O–H groups in total. The fraction of sp³-hybridized carbons (Fsp3) is 0.611. The van der Waals surface area contributed by atoms with Gasteiger partial charge in [-0.3, -0.25) is 4.68 Å². The lowest BCUT2D eigenvalue weighted by Crippen LogP contribution is -2.09. The monoisotopic (exact) mass is 369 g/mol. The van der Waals surface area contributed by atoms with E-state index >= 15 is 0 Å². The lowest BCUT2D eigenvalue weighted by molar-refractivity contribution is -0.141. The number of nitrogens with zero attached hydrogens (tertiary/aromatic N) is 4. The van der Waals surface area contributed by atoms with Gasteiger partial charge in [0.1, 0.15) is 11.5 Å². The van der Waals surface area contributed by atoms with Gasteiger partial charge in [-0.1, -0.05) is 39.5 Å². The molecule has 0 radical (unpaired) electrons. The molecule has 1 atom stereocenters. The summed E-state index contributed by atoms with van der Waals surface area (Å²) in [5.41, 5.74) is 7.32. The first kappa shape index (κ1) is 20.2. The van der Waals surface area contributed by atoms with Crippen LogP contribution in [0.25, 0.3) is 11.4 Å². The predicted molar refractivity (Wildman–Crippen MR) is 95.6 cm³/mol. The summed E-state index contributed by atoms with van der Waals surface area (Å²) in [4.78, 5) is 0. The van der Waals surface area contributed by atoms with Crippen LogP contribution in [0.15, 0.2) is 6.07 Å². The second-order valence-corrected chi connectivity index (χ2v) is 6.76. The number of anilines is 1. The molecule has 0 spiro atoms. The quantitative estimate of drug-likeness (QED) is 0.708. The predicted octanol–water partition coefficient (Wildman–Crippen LogP) is 4.86. The maximum absolute atomic E-state index is 13.0. The molecule has 26 heavy (non-hydrogen) atoms. The van der Waals surface area contributed by atoms with E-state index in [9.17, 15) is 13.2 Å². The molecule has 0 fully saturated rings. The van der Waals surface area contributed by atoms with E-state index in [1.165, 1.54) is 18.2 Å². The molecule has 0 saturated carbocycles. The molecule has 0 amide bonds. The van der Waals surface area contributed by atoms with Crippen molar-refractivity contribution in [3.63, 3.8) is 0 Å². The van der Waals surface area contributed by atoms with Crippen LogP contribution in [0.2, 0.25) is 0 Å². The lowest BCUT2D eigenvalue weighted by Gasteiger charge is -2.19. The molecule has 0 aliphatic rings. The molecule has 2 rings (SSSR count). The summed E-state index contributed by atoms with van der Waals surface area (Å²) >= 11 is 0. The molecule has 2 aromatic heterocycles. The maximum atomic E-state index is 13.0. The van der Waals surface area contributed by atoms with Crippen molar-refractivity contribution in [1.29, 1.82) is 0 Å². The second kappa shape index (κ2) is 8.05. The van der Waals surface area contributed by atoms with Crippen LogP contribution in [0, 0.1) is 6.92 Å². The summed E-state index contributed by atoms with van der Waals surface area (Å²) in [6.45, 7) is 6.05. The molecule has 0 aromatic carbocycles. The first-order chi connectivity index (χ1) is 12.2. The Bertz CT molecular complexity index is 752. The van der Waals surface area contributed by atoms with E-state index in [0.29, 0.717) is 17.2 Å². The molecule has 0 aliphatic carbocycles. The van der Waals surface area contributed by atoms with Crippen molar-refractivity contribution in [2.24, 2.45) is 7.05 Å². The number of nitrogen functional groups attached to an aromatic ring is 1. The second-order valence-electron chi connectivity index (χ2n) is 6.76. The van der Waals surface area contributed by atoms with E-state index in [1.807, 2.05) is 6.92 Å². The SMILES string of the molecule is CCCCCCC(C)c1c(-c2cc(C(F)(F)F)nn2C)nnc(N)c1C. The van der Waals surface area contributed by atoms with Crippen LogP contribution in [0.3, 0.4) is 0 Å². The zero-order chi connectivity index (χ0) is 19.5. The van der Waals surface area contributed by atoms with Crippen molar-refractivity contribution in [2.45, 2.75) is 65.0 Å². The third kappa shape index (κ3) is 4.34. The van der Waals surface area contributed by atoms with Gasteiger partial charge in [-0.05, 0) is 36.5 Å². The minimum Gasteiger partial charge on any atom is -0.382 e. The van der Waals surface area contributed by atoms with Gasteiger partial charge < -0.3 is 5.73 Å². The molecule has 144 valence electrons. The minimum absolute atomic E-state index is 0.115. The number of hydrogen-bond acceptors (Lipinski definition) is 4. The third-order valence-electron chi connectivity index (χ3n) is 4.70. The van der Waals surface area contributed by atoms with Crippen LogP contribution in [0.5, 0.6) is 0 Å². The summed E-state index contributed by atoms with van der Waals surface area (Å²) in [7, 11) is 1.48. The van der Waals surface area contributed by atoms with Crippen LogP contribution in [-0.4, -0.2) is 20.0 Å². The molecule has 1 unspecified atom stereocenters. The fourth-order valence-corrected chi connectivity index (χ4v) is 3.19. The zero-order valence-corrected chi connectivity index (χ0v) is 15.7. The Labute approximate surface area is 151 Å². The average Bonchev–Trinajstić information content (AvgIpc) is 2.96. The summed E-state index contributed by atoms with van der Waals surface area (Å²) in [6, 6.07) is 1.02. The largest absolute Gasteiger partial charge is 0.435 e. The zero-order valence-electron chi connectivity index (χ0n) is 15.7. The molecule has 0 saturated heterocycles. The smallest absolute Gasteiger partial charge is 0.382 e. The van der Waals surface area contributed by atoms with Crippen LogP contribution in [-0.2, 0) is 13.2 Å². The Morgan fingerprint density at radius 2 is 1.88 bits per heavy atom. The Balaban J connectivity index is 2.44. The number of aromatic nitrogens is 4. The summed E-state index contributed by atoms with van der Waals surface area (Å²) in [6.07, 6.45) is 0.924. The van der Waals surface area contributed by atoms with E-state index in [-0.39, 0.29) is 5.92 Å². The number of hydrogen-bond donors (Lipinski definition) is 1. The van der Waals surface area contributed by atoms with Crippen molar-refractivity contribution in [2.75, 3.05) is 5.73 Å². The van der Waals surface area contributed by atoms with Crippen molar-refractivity contribution >= 4 is 5.82 Å². The standard InChI is InChI=1S/C18H26F3N5/c1-5-6-7-8-9-11(2)15-12(3)17(22)24-23-16(15)13-10-14(18(19,20)21)25-26(13)4/h10-11H,5-9H2,1-4H3,(H2,22,24). The van der Waals surface area contributed by atoms with E-state index in [0.717, 1.165) is 42.9 Å². The molecule has 2 aromatic rings. The Kier molecular flexibility index (Phi) is 6.26. The summed E-state index contributed by atoms with van der Waals surface area (Å²) in [5.74, 6) is 0.422. The van der Waals surface area contributed by atoms with Gasteiger partial charge in [0.15, 0.2) is 5.69 Å². The molecule has 2 heterocycles. The molecule has 0 bridgehead atoms. The summed E-state index contributed by atoms with van der Waals surface area (Å²) in [5, 5.41) is 11.6. The van der Waals surface area contributed by atoms with Gasteiger partial charge in [-0.15, -0.1) is 10.2 Å². The van der Waals surface area contributed by atoms with E-state index < -0.39 is 11.9 Å². The van der Waals surface area contributed by atoms with E-state index in [1.54, 1.807) is 0 Å². The topological polar surface area (TPSA) is 69.6 Å². The first-order valence-electron chi connectivity index (χ1n) is 8.91. The highest BCUT2D eigenvalue weighted by molar-refractivity contribution is 5.65. The van der Waals surface area contributed by atoms with Crippen molar-refractivity contribution in [1.82, 2.24) is 20.0 Å². The third-order valence-corrected chi connectivity index (χ3v) is 4.70. The van der Waals surface area contributed by atoms with Gasteiger partial charge in [0, 0.05) is 7.05 Å². The highest BCUT2D eigenvalue weighted by Gasteiger charge is 2.35. The molecular weight excluding hydrogens is 343 g/mol. The number of aryl methyl sites for hydroxylation is 1. The van der Waals surface area contributed by atoms with Crippen LogP contribution in [0.4, 0.5) is 19.0 Å². The fourth-order valence-electron chi connectivity index (χ4n) is 3.19. The van der Waals surface area contributed by atoms with E-state index in [4.69, 9.17) is 5.73 Å². The summed E-state index contributed by atoms with van der Waals surface area (Å²) < 4.78 is 40.2. The van der Waals surface area contributed by atoms with Crippen molar-refractivity contribution in [3.05, 3.63) is 22.9 Å². The van der Waals surface area contributed by atoms with Gasteiger partial charge in [0.05, 0.1) is 5.69 Å². The highest BCUT2D eigenvalue weighted by Crippen LogP contribution is 2.36.